The molecule has 0 fully saturated rings. The Kier molecular flexibility index (Phi) is 6.49. The Morgan fingerprint density at radius 3 is 1.93 bits per heavy atom. The van der Waals surface area contributed by atoms with E-state index < -0.39 is 66.0 Å². The number of hydrogen-bond donors (Lipinski definition) is 0. The number of ether oxygens (including phenoxy) is 2. The quantitative estimate of drug-likeness (QED) is 0.246. The van der Waals surface area contributed by atoms with Gasteiger partial charge in [-0.25, -0.2) is 22.0 Å². The molecule has 0 atom stereocenters. The van der Waals surface area contributed by atoms with Gasteiger partial charge in [0, 0.05) is 0 Å². The van der Waals surface area contributed by atoms with E-state index in [9.17, 15) is 31.5 Å². The van der Waals surface area contributed by atoms with Gasteiger partial charge in [0.15, 0.2) is 23.3 Å². The van der Waals surface area contributed by atoms with Crippen LogP contribution in [-0.2, 0) is 20.9 Å². The van der Waals surface area contributed by atoms with Gasteiger partial charge in [0.1, 0.15) is 12.4 Å². The molecule has 0 aliphatic rings. The normalized spacial score (nSPS) is 10.6. The van der Waals surface area contributed by atoms with Crippen LogP contribution in [0.15, 0.2) is 24.3 Å². The molecule has 0 radical (unpaired) electrons. The predicted molar refractivity (Wildman–Crippen MR) is 82.1 cm³/mol. The summed E-state index contributed by atoms with van der Waals surface area (Å²) in [4.78, 5) is 23.3. The Bertz CT molecular complexity index is 853. The molecule has 0 aromatic heterocycles. The smallest absolute Gasteiger partial charge is 0.311 e. The first-order valence-corrected chi connectivity index (χ1v) is 7.64. The standard InChI is InChI=1S/C18H13F5O4/c1-9-4-2-3-5-11(9)27-13(25)7-6-12(24)26-8-10-14(19)16(21)18(23)17(22)15(10)20/h2-5H,6-8H2,1H3. The van der Waals surface area contributed by atoms with Gasteiger partial charge in [-0.05, 0) is 18.6 Å². The van der Waals surface area contributed by atoms with Crippen molar-refractivity contribution < 1.29 is 41.0 Å². The van der Waals surface area contributed by atoms with Crippen LogP contribution in [0.5, 0.6) is 5.75 Å². The van der Waals surface area contributed by atoms with Gasteiger partial charge in [-0.1, -0.05) is 18.2 Å². The van der Waals surface area contributed by atoms with E-state index in [0.29, 0.717) is 11.3 Å². The molecule has 0 unspecified atom stereocenters. The molecule has 0 N–H and O–H groups in total. The van der Waals surface area contributed by atoms with Crippen LogP contribution < -0.4 is 4.74 Å². The Balaban J connectivity index is 1.90. The Morgan fingerprint density at radius 1 is 0.815 bits per heavy atom. The van der Waals surface area contributed by atoms with Crippen molar-refractivity contribution in [2.45, 2.75) is 26.4 Å². The third-order valence-electron chi connectivity index (χ3n) is 3.53. The molecule has 0 aliphatic heterocycles. The zero-order chi connectivity index (χ0) is 20.1. The third kappa shape index (κ3) is 4.81. The van der Waals surface area contributed by atoms with E-state index in [0.717, 1.165) is 0 Å². The van der Waals surface area contributed by atoms with E-state index in [1.54, 1.807) is 31.2 Å². The van der Waals surface area contributed by atoms with Crippen molar-refractivity contribution in [1.29, 1.82) is 0 Å². The highest BCUT2D eigenvalue weighted by Crippen LogP contribution is 2.23. The molecule has 0 aliphatic carbocycles. The highest BCUT2D eigenvalue weighted by Gasteiger charge is 2.26. The van der Waals surface area contributed by atoms with Crippen LogP contribution in [0.2, 0.25) is 0 Å². The molecular weight excluding hydrogens is 375 g/mol. The minimum atomic E-state index is -2.31. The number of aryl methyl sites for hydroxylation is 1. The molecule has 0 heterocycles. The van der Waals surface area contributed by atoms with Crippen LogP contribution >= 0.6 is 0 Å². The van der Waals surface area contributed by atoms with E-state index >= 15 is 0 Å². The zero-order valence-corrected chi connectivity index (χ0v) is 14.0. The Morgan fingerprint density at radius 2 is 1.33 bits per heavy atom. The number of para-hydroxylation sites is 1. The highest BCUT2D eigenvalue weighted by atomic mass is 19.2. The fourth-order valence-corrected chi connectivity index (χ4v) is 2.05. The van der Waals surface area contributed by atoms with Gasteiger partial charge in [-0.2, -0.15) is 0 Å². The molecule has 9 heteroatoms. The molecule has 2 aromatic rings. The number of rotatable bonds is 6. The van der Waals surface area contributed by atoms with Gasteiger partial charge in [0.25, 0.3) is 0 Å². The lowest BCUT2D eigenvalue weighted by Gasteiger charge is -2.09. The highest BCUT2D eigenvalue weighted by molar-refractivity contribution is 5.79. The summed E-state index contributed by atoms with van der Waals surface area (Å²) in [5.41, 5.74) is -0.582. The summed E-state index contributed by atoms with van der Waals surface area (Å²) in [6.07, 6.45) is -0.898. The predicted octanol–water partition coefficient (Wildman–Crippen LogP) is 4.12. The fraction of sp³-hybridized carbons (Fsp3) is 0.222. The topological polar surface area (TPSA) is 52.6 Å². The average Bonchev–Trinajstić information content (AvgIpc) is 2.65. The van der Waals surface area contributed by atoms with Crippen LogP contribution in [0, 0.1) is 36.0 Å². The molecule has 0 saturated carbocycles. The van der Waals surface area contributed by atoms with E-state index in [-0.39, 0.29) is 0 Å². The third-order valence-corrected chi connectivity index (χ3v) is 3.53. The number of benzene rings is 2. The van der Waals surface area contributed by atoms with Crippen LogP contribution in [0.4, 0.5) is 22.0 Å². The van der Waals surface area contributed by atoms with Gasteiger partial charge < -0.3 is 9.47 Å². The summed E-state index contributed by atoms with van der Waals surface area (Å²) in [5, 5.41) is 0. The SMILES string of the molecule is Cc1ccccc1OC(=O)CCC(=O)OCc1c(F)c(F)c(F)c(F)c1F. The molecule has 27 heavy (non-hydrogen) atoms. The maximum atomic E-state index is 13.5. The fourth-order valence-electron chi connectivity index (χ4n) is 2.05. The van der Waals surface area contributed by atoms with Crippen molar-refractivity contribution in [2.75, 3.05) is 0 Å². The van der Waals surface area contributed by atoms with Crippen LogP contribution in [0.25, 0.3) is 0 Å². The number of halogens is 5. The zero-order valence-electron chi connectivity index (χ0n) is 14.0. The molecular formula is C18H13F5O4. The van der Waals surface area contributed by atoms with Crippen molar-refractivity contribution in [3.8, 4) is 5.75 Å². The van der Waals surface area contributed by atoms with Crippen molar-refractivity contribution >= 4 is 11.9 Å². The van der Waals surface area contributed by atoms with Crippen LogP contribution in [0.3, 0.4) is 0 Å². The summed E-state index contributed by atoms with van der Waals surface area (Å²) in [7, 11) is 0. The molecule has 0 spiro atoms. The van der Waals surface area contributed by atoms with Crippen molar-refractivity contribution in [1.82, 2.24) is 0 Å². The van der Waals surface area contributed by atoms with E-state index in [2.05, 4.69) is 4.74 Å². The molecule has 2 rings (SSSR count). The lowest BCUT2D eigenvalue weighted by Crippen LogP contribution is -2.14. The first kappa shape index (κ1) is 20.3. The summed E-state index contributed by atoms with van der Waals surface area (Å²) >= 11 is 0. The van der Waals surface area contributed by atoms with E-state index in [4.69, 9.17) is 4.74 Å². The number of carbonyl (C=O) groups excluding carboxylic acids is 2. The van der Waals surface area contributed by atoms with Crippen molar-refractivity contribution in [3.05, 3.63) is 64.5 Å². The van der Waals surface area contributed by atoms with Gasteiger partial charge in [-0.3, -0.25) is 9.59 Å². The van der Waals surface area contributed by atoms with Crippen LogP contribution in [0.1, 0.15) is 24.0 Å². The first-order valence-electron chi connectivity index (χ1n) is 7.64. The van der Waals surface area contributed by atoms with Crippen molar-refractivity contribution in [2.24, 2.45) is 0 Å². The van der Waals surface area contributed by atoms with Crippen molar-refractivity contribution in [3.63, 3.8) is 0 Å². The van der Waals surface area contributed by atoms with Gasteiger partial charge in [0.2, 0.25) is 5.82 Å². The Hall–Kier alpha value is -2.97. The maximum Gasteiger partial charge on any atom is 0.311 e. The molecule has 144 valence electrons. The lowest BCUT2D eigenvalue weighted by atomic mass is 10.2. The summed E-state index contributed by atoms with van der Waals surface area (Å²) in [5.74, 6) is -12.3. The largest absolute Gasteiger partial charge is 0.461 e. The number of hydrogen-bond acceptors (Lipinski definition) is 4. The molecule has 2 aromatic carbocycles. The summed E-state index contributed by atoms with van der Waals surface area (Å²) in [6.45, 7) is 0.540. The second-order valence-electron chi connectivity index (χ2n) is 5.45. The van der Waals surface area contributed by atoms with Gasteiger partial charge in [0.05, 0.1) is 18.4 Å². The number of esters is 2. The number of carbonyl (C=O) groups is 2. The van der Waals surface area contributed by atoms with Crippen LogP contribution in [-0.4, -0.2) is 11.9 Å². The van der Waals surface area contributed by atoms with E-state index in [1.807, 2.05) is 0 Å². The molecule has 0 amide bonds. The minimum Gasteiger partial charge on any atom is -0.461 e. The molecule has 0 bridgehead atoms. The minimum absolute atomic E-state index is 0.303. The summed E-state index contributed by atoms with van der Waals surface area (Å²) in [6, 6.07) is 6.65. The second-order valence-corrected chi connectivity index (χ2v) is 5.45. The Labute approximate surface area is 150 Å². The monoisotopic (exact) mass is 388 g/mol. The molecule has 0 saturated heterocycles. The second kappa shape index (κ2) is 8.61. The summed E-state index contributed by atoms with van der Waals surface area (Å²) < 4.78 is 75.5. The molecule has 4 nitrogen and oxygen atoms in total. The van der Waals surface area contributed by atoms with Gasteiger partial charge in [-0.15, -0.1) is 0 Å². The average molecular weight is 388 g/mol. The lowest BCUT2D eigenvalue weighted by molar-refractivity contribution is -0.148. The maximum absolute atomic E-state index is 13.5. The van der Waals surface area contributed by atoms with E-state index in [1.165, 1.54) is 0 Å². The first-order chi connectivity index (χ1) is 12.7. The van der Waals surface area contributed by atoms with Gasteiger partial charge >= 0.3 is 11.9 Å².